The Hall–Kier alpha value is -2.08. The summed E-state index contributed by atoms with van der Waals surface area (Å²) in [6, 6.07) is 9.28. The van der Waals surface area contributed by atoms with Gasteiger partial charge in [-0.1, -0.05) is 13.3 Å². The fourth-order valence-electron chi connectivity index (χ4n) is 1.63. The predicted octanol–water partition coefficient (Wildman–Crippen LogP) is 4.22. The lowest BCUT2D eigenvalue weighted by Gasteiger charge is -2.05. The largest absolute Gasteiger partial charge is 0.462 e. The molecule has 22 heavy (non-hydrogen) atoms. The van der Waals surface area contributed by atoms with Gasteiger partial charge in [0.25, 0.3) is 0 Å². The molecule has 0 aliphatic rings. The third-order valence-electron chi connectivity index (χ3n) is 2.81. The first kappa shape index (κ1) is 16.3. The van der Waals surface area contributed by atoms with Gasteiger partial charge >= 0.3 is 11.9 Å². The third kappa shape index (κ3) is 4.46. The highest BCUT2D eigenvalue weighted by molar-refractivity contribution is 9.10. The second kappa shape index (κ2) is 7.79. The van der Waals surface area contributed by atoms with Crippen molar-refractivity contribution in [2.45, 2.75) is 19.8 Å². The van der Waals surface area contributed by atoms with Crippen LogP contribution >= 0.6 is 15.9 Å². The van der Waals surface area contributed by atoms with Crippen LogP contribution in [-0.2, 0) is 4.74 Å². The molecule has 0 saturated carbocycles. The normalized spacial score (nSPS) is 10.3. The third-order valence-corrected chi connectivity index (χ3v) is 3.23. The number of carbonyl (C=O) groups excluding carboxylic acids is 2. The van der Waals surface area contributed by atoms with Crippen LogP contribution in [0.2, 0.25) is 0 Å². The molecule has 1 heterocycles. The number of ether oxygens (including phenoxy) is 2. The van der Waals surface area contributed by atoms with Crippen molar-refractivity contribution in [2.75, 3.05) is 6.61 Å². The smallest absolute Gasteiger partial charge is 0.379 e. The molecule has 5 nitrogen and oxygen atoms in total. The first-order chi connectivity index (χ1) is 10.6. The number of halogens is 1. The Balaban J connectivity index is 1.94. The Morgan fingerprint density at radius 1 is 1.09 bits per heavy atom. The van der Waals surface area contributed by atoms with Gasteiger partial charge < -0.3 is 13.9 Å². The van der Waals surface area contributed by atoms with Crippen LogP contribution in [0.3, 0.4) is 0 Å². The maximum Gasteiger partial charge on any atom is 0.379 e. The molecule has 0 spiro atoms. The molecule has 6 heteroatoms. The van der Waals surface area contributed by atoms with Gasteiger partial charge in [0.2, 0.25) is 5.76 Å². The second-order valence-electron chi connectivity index (χ2n) is 4.51. The summed E-state index contributed by atoms with van der Waals surface area (Å²) in [6.07, 6.45) is 1.80. The highest BCUT2D eigenvalue weighted by Gasteiger charge is 2.14. The van der Waals surface area contributed by atoms with E-state index in [0.29, 0.717) is 22.6 Å². The van der Waals surface area contributed by atoms with Gasteiger partial charge in [0, 0.05) is 0 Å². The van der Waals surface area contributed by atoms with Gasteiger partial charge in [0.1, 0.15) is 5.75 Å². The fraction of sp³-hybridized carbons (Fsp3) is 0.250. The Bertz CT molecular complexity index is 645. The Morgan fingerprint density at radius 2 is 1.82 bits per heavy atom. The minimum Gasteiger partial charge on any atom is -0.462 e. The van der Waals surface area contributed by atoms with Crippen molar-refractivity contribution in [3.63, 3.8) is 0 Å². The predicted molar refractivity (Wildman–Crippen MR) is 83.0 cm³/mol. The zero-order valence-corrected chi connectivity index (χ0v) is 13.6. The molecule has 0 N–H and O–H groups in total. The molecular weight excluding hydrogens is 352 g/mol. The molecule has 0 fully saturated rings. The van der Waals surface area contributed by atoms with E-state index in [4.69, 9.17) is 13.9 Å². The number of benzene rings is 1. The van der Waals surface area contributed by atoms with Crippen LogP contribution in [0, 0.1) is 0 Å². The van der Waals surface area contributed by atoms with Gasteiger partial charge in [0.05, 0.1) is 12.2 Å². The zero-order valence-electron chi connectivity index (χ0n) is 12.0. The summed E-state index contributed by atoms with van der Waals surface area (Å²) < 4.78 is 15.8. The summed E-state index contributed by atoms with van der Waals surface area (Å²) in [6.45, 7) is 2.42. The van der Waals surface area contributed by atoms with Crippen molar-refractivity contribution < 1.29 is 23.5 Å². The van der Waals surface area contributed by atoms with E-state index < -0.39 is 5.97 Å². The Morgan fingerprint density at radius 3 is 2.41 bits per heavy atom. The second-order valence-corrected chi connectivity index (χ2v) is 5.29. The molecule has 0 amide bonds. The van der Waals surface area contributed by atoms with Gasteiger partial charge in [-0.25, -0.2) is 9.59 Å². The monoisotopic (exact) mass is 366 g/mol. The van der Waals surface area contributed by atoms with Crippen molar-refractivity contribution in [3.8, 4) is 5.75 Å². The van der Waals surface area contributed by atoms with Crippen molar-refractivity contribution in [1.29, 1.82) is 0 Å². The maximum atomic E-state index is 11.8. The van der Waals surface area contributed by atoms with Crippen LogP contribution in [0.4, 0.5) is 0 Å². The topological polar surface area (TPSA) is 65.7 Å². The molecule has 0 atom stereocenters. The van der Waals surface area contributed by atoms with Crippen LogP contribution in [0.25, 0.3) is 0 Å². The van der Waals surface area contributed by atoms with Gasteiger partial charge in [-0.2, -0.15) is 0 Å². The van der Waals surface area contributed by atoms with E-state index in [2.05, 4.69) is 15.9 Å². The number of esters is 2. The number of furan rings is 1. The summed E-state index contributed by atoms with van der Waals surface area (Å²) >= 11 is 3.11. The molecule has 0 unspecified atom stereocenters. The standard InChI is InChI=1S/C16H15BrO5/c1-2-3-10-20-15(18)11-4-6-12(7-5-11)21-16(19)13-8-9-14(17)22-13/h4-9H,2-3,10H2,1H3. The van der Waals surface area contributed by atoms with Crippen LogP contribution < -0.4 is 4.74 Å². The molecule has 0 aliphatic carbocycles. The van der Waals surface area contributed by atoms with Gasteiger partial charge in [-0.3, -0.25) is 0 Å². The first-order valence-electron chi connectivity index (χ1n) is 6.85. The van der Waals surface area contributed by atoms with Crippen LogP contribution in [0.5, 0.6) is 5.75 Å². The van der Waals surface area contributed by atoms with Crippen LogP contribution in [-0.4, -0.2) is 18.5 Å². The Kier molecular flexibility index (Phi) is 5.77. The van der Waals surface area contributed by atoms with Crippen LogP contribution in [0.1, 0.15) is 40.7 Å². The highest BCUT2D eigenvalue weighted by atomic mass is 79.9. The van der Waals surface area contributed by atoms with Crippen molar-refractivity contribution in [2.24, 2.45) is 0 Å². The lowest BCUT2D eigenvalue weighted by Crippen LogP contribution is -2.08. The lowest BCUT2D eigenvalue weighted by molar-refractivity contribution is 0.0499. The average molecular weight is 367 g/mol. The number of rotatable bonds is 6. The minimum atomic E-state index is -0.607. The van der Waals surface area contributed by atoms with E-state index >= 15 is 0 Å². The van der Waals surface area contributed by atoms with E-state index in [0.717, 1.165) is 12.8 Å². The molecule has 1 aromatic carbocycles. The van der Waals surface area contributed by atoms with Crippen molar-refractivity contribution in [1.82, 2.24) is 0 Å². The number of carbonyl (C=O) groups is 2. The van der Waals surface area contributed by atoms with E-state index in [1.165, 1.54) is 18.2 Å². The van der Waals surface area contributed by atoms with Gasteiger partial charge in [0.15, 0.2) is 4.67 Å². The number of hydrogen-bond acceptors (Lipinski definition) is 5. The van der Waals surface area contributed by atoms with Crippen LogP contribution in [0.15, 0.2) is 45.5 Å². The van der Waals surface area contributed by atoms with E-state index in [1.54, 1.807) is 18.2 Å². The molecule has 0 radical (unpaired) electrons. The minimum absolute atomic E-state index is 0.0925. The van der Waals surface area contributed by atoms with E-state index in [9.17, 15) is 9.59 Å². The van der Waals surface area contributed by atoms with E-state index in [1.807, 2.05) is 6.92 Å². The SMILES string of the molecule is CCCCOC(=O)c1ccc(OC(=O)c2ccc(Br)o2)cc1. The molecule has 0 bridgehead atoms. The molecule has 0 aliphatic heterocycles. The number of hydrogen-bond donors (Lipinski definition) is 0. The average Bonchev–Trinajstić information content (AvgIpc) is 2.95. The van der Waals surface area contributed by atoms with Crippen molar-refractivity contribution >= 4 is 27.9 Å². The van der Waals surface area contributed by atoms with Gasteiger partial charge in [-0.15, -0.1) is 0 Å². The Labute approximate surface area is 136 Å². The zero-order chi connectivity index (χ0) is 15.9. The summed E-state index contributed by atoms with van der Waals surface area (Å²) in [7, 11) is 0. The lowest BCUT2D eigenvalue weighted by atomic mass is 10.2. The summed E-state index contributed by atoms with van der Waals surface area (Å²) in [5, 5.41) is 0. The quantitative estimate of drug-likeness (QED) is 0.435. The highest BCUT2D eigenvalue weighted by Crippen LogP contribution is 2.18. The summed E-state index contributed by atoms with van der Waals surface area (Å²) in [5.41, 5.74) is 0.414. The van der Waals surface area contributed by atoms with E-state index in [-0.39, 0.29) is 11.7 Å². The molecule has 2 aromatic rings. The first-order valence-corrected chi connectivity index (χ1v) is 7.64. The fourth-order valence-corrected chi connectivity index (χ4v) is 1.94. The molecule has 116 valence electrons. The molecule has 0 saturated heterocycles. The summed E-state index contributed by atoms with van der Waals surface area (Å²) in [5.74, 6) is -0.581. The molecule has 1 aromatic heterocycles. The van der Waals surface area contributed by atoms with Gasteiger partial charge in [-0.05, 0) is 58.7 Å². The maximum absolute atomic E-state index is 11.8. The molecule has 2 rings (SSSR count). The summed E-state index contributed by atoms with van der Waals surface area (Å²) in [4.78, 5) is 23.5. The van der Waals surface area contributed by atoms with Crippen molar-refractivity contribution in [3.05, 3.63) is 52.4 Å². The number of unbranched alkanes of at least 4 members (excludes halogenated alkanes) is 1. The molecular formula is C16H15BrO5.